The Bertz CT molecular complexity index is 708. The third-order valence-corrected chi connectivity index (χ3v) is 4.47. The number of carbonyl (C=O) groups excluding carboxylic acids is 1. The van der Waals surface area contributed by atoms with E-state index in [9.17, 15) is 14.3 Å². The Labute approximate surface area is 140 Å². The predicted octanol–water partition coefficient (Wildman–Crippen LogP) is 2.46. The lowest BCUT2D eigenvalue weighted by Crippen LogP contribution is -2.37. The van der Waals surface area contributed by atoms with Gasteiger partial charge in [0.1, 0.15) is 5.82 Å². The minimum Gasteiger partial charge on any atom is -0.396 e. The Morgan fingerprint density at radius 1 is 1.42 bits per heavy atom. The van der Waals surface area contributed by atoms with Crippen molar-refractivity contribution in [3.63, 3.8) is 0 Å². The molecule has 1 unspecified atom stereocenters. The normalized spacial score (nSPS) is 15.3. The van der Waals surface area contributed by atoms with Gasteiger partial charge in [-0.05, 0) is 55.9 Å². The van der Waals surface area contributed by atoms with Gasteiger partial charge < -0.3 is 10.4 Å². The summed E-state index contributed by atoms with van der Waals surface area (Å²) in [5.41, 5.74) is 2.05. The lowest BCUT2D eigenvalue weighted by atomic mass is 10.1. The number of halogens is 1. The average Bonchev–Trinajstić information content (AvgIpc) is 3.34. The fraction of sp³-hybridized carbons (Fsp3) is 0.444. The maximum atomic E-state index is 13.1. The van der Waals surface area contributed by atoms with Crippen molar-refractivity contribution in [3.05, 3.63) is 47.5 Å². The van der Waals surface area contributed by atoms with Crippen LogP contribution < -0.4 is 5.32 Å². The highest BCUT2D eigenvalue weighted by atomic mass is 19.1. The second kappa shape index (κ2) is 7.13. The quantitative estimate of drug-likeness (QED) is 0.819. The van der Waals surface area contributed by atoms with Gasteiger partial charge >= 0.3 is 0 Å². The summed E-state index contributed by atoms with van der Waals surface area (Å²) in [6, 6.07) is 6.05. The number of carbonyl (C=O) groups is 1. The number of amides is 1. The van der Waals surface area contributed by atoms with Gasteiger partial charge in [0.15, 0.2) is 0 Å². The van der Waals surface area contributed by atoms with Gasteiger partial charge in [-0.3, -0.25) is 4.79 Å². The number of aliphatic hydroxyl groups excluding tert-OH is 1. The van der Waals surface area contributed by atoms with Crippen molar-refractivity contribution in [3.8, 4) is 5.69 Å². The molecule has 3 rings (SSSR count). The van der Waals surface area contributed by atoms with Crippen LogP contribution in [0.4, 0.5) is 4.39 Å². The molecule has 0 radical (unpaired) electrons. The van der Waals surface area contributed by atoms with E-state index >= 15 is 0 Å². The molecule has 1 amide bonds. The first-order valence-electron chi connectivity index (χ1n) is 8.38. The maximum Gasteiger partial charge on any atom is 0.255 e. The van der Waals surface area contributed by atoms with Crippen molar-refractivity contribution in [1.82, 2.24) is 15.1 Å². The summed E-state index contributed by atoms with van der Waals surface area (Å²) in [6.45, 7) is 2.02. The number of hydrogen-bond donors (Lipinski definition) is 2. The van der Waals surface area contributed by atoms with E-state index in [0.717, 1.165) is 24.2 Å². The highest BCUT2D eigenvalue weighted by Gasteiger charge is 2.32. The lowest BCUT2D eigenvalue weighted by Gasteiger charge is -2.17. The van der Waals surface area contributed by atoms with Crippen LogP contribution in [0.1, 0.15) is 42.2 Å². The van der Waals surface area contributed by atoms with E-state index in [1.54, 1.807) is 23.0 Å². The van der Waals surface area contributed by atoms with E-state index in [0.29, 0.717) is 24.3 Å². The van der Waals surface area contributed by atoms with Gasteiger partial charge in [-0.2, -0.15) is 5.10 Å². The monoisotopic (exact) mass is 331 g/mol. The summed E-state index contributed by atoms with van der Waals surface area (Å²) < 4.78 is 14.8. The summed E-state index contributed by atoms with van der Waals surface area (Å²) in [5, 5.41) is 16.5. The van der Waals surface area contributed by atoms with E-state index in [2.05, 4.69) is 10.4 Å². The minimum absolute atomic E-state index is 0.0152. The molecule has 5 nitrogen and oxygen atoms in total. The molecule has 1 aliphatic carbocycles. The molecule has 1 heterocycles. The number of hydrogen-bond acceptors (Lipinski definition) is 3. The van der Waals surface area contributed by atoms with Crippen LogP contribution in [0.2, 0.25) is 0 Å². The van der Waals surface area contributed by atoms with Crippen molar-refractivity contribution in [2.75, 3.05) is 6.61 Å². The third-order valence-electron chi connectivity index (χ3n) is 4.47. The third kappa shape index (κ3) is 3.48. The van der Waals surface area contributed by atoms with Gasteiger partial charge in [0.05, 0.1) is 23.1 Å². The molecule has 0 bridgehead atoms. The highest BCUT2D eigenvalue weighted by molar-refractivity contribution is 5.95. The molecule has 1 fully saturated rings. The van der Waals surface area contributed by atoms with Gasteiger partial charge in [-0.1, -0.05) is 6.92 Å². The van der Waals surface area contributed by atoms with Crippen LogP contribution >= 0.6 is 0 Å². The molecule has 1 atom stereocenters. The van der Waals surface area contributed by atoms with E-state index < -0.39 is 0 Å². The molecular weight excluding hydrogens is 309 g/mol. The van der Waals surface area contributed by atoms with Crippen LogP contribution in [-0.4, -0.2) is 33.4 Å². The molecule has 1 aromatic heterocycles. The molecular formula is C18H22FN3O2. The van der Waals surface area contributed by atoms with Gasteiger partial charge in [-0.15, -0.1) is 0 Å². The fourth-order valence-corrected chi connectivity index (χ4v) is 3.02. The number of benzene rings is 1. The molecule has 1 aromatic carbocycles. The molecule has 1 saturated carbocycles. The van der Waals surface area contributed by atoms with Gasteiger partial charge in [0.25, 0.3) is 5.91 Å². The van der Waals surface area contributed by atoms with Crippen LogP contribution in [0.5, 0.6) is 0 Å². The second-order valence-electron chi connectivity index (χ2n) is 6.18. The zero-order valence-corrected chi connectivity index (χ0v) is 13.7. The molecule has 6 heteroatoms. The first kappa shape index (κ1) is 16.6. The van der Waals surface area contributed by atoms with Gasteiger partial charge in [0.2, 0.25) is 0 Å². The first-order chi connectivity index (χ1) is 11.6. The molecule has 128 valence electrons. The Hall–Kier alpha value is -2.21. The van der Waals surface area contributed by atoms with E-state index in [1.165, 1.54) is 12.1 Å². The Morgan fingerprint density at radius 2 is 2.12 bits per heavy atom. The van der Waals surface area contributed by atoms with Crippen LogP contribution in [0.3, 0.4) is 0 Å². The minimum atomic E-state index is -0.307. The molecule has 0 saturated heterocycles. The van der Waals surface area contributed by atoms with Crippen LogP contribution in [0, 0.1) is 11.7 Å². The fourth-order valence-electron chi connectivity index (χ4n) is 3.02. The highest BCUT2D eigenvalue weighted by Crippen LogP contribution is 2.34. The predicted molar refractivity (Wildman–Crippen MR) is 88.6 cm³/mol. The summed E-state index contributed by atoms with van der Waals surface area (Å²) in [4.78, 5) is 12.6. The van der Waals surface area contributed by atoms with Crippen molar-refractivity contribution < 1.29 is 14.3 Å². The van der Waals surface area contributed by atoms with Crippen molar-refractivity contribution in [2.45, 2.75) is 38.6 Å². The molecule has 0 aliphatic heterocycles. The van der Waals surface area contributed by atoms with Gasteiger partial charge in [-0.25, -0.2) is 9.07 Å². The number of rotatable bonds is 7. The molecule has 1 aliphatic rings. The molecule has 0 spiro atoms. The van der Waals surface area contributed by atoms with Crippen LogP contribution in [0.25, 0.3) is 5.69 Å². The maximum absolute atomic E-state index is 13.1. The number of nitrogens with zero attached hydrogens (tertiary/aromatic N) is 2. The first-order valence-corrected chi connectivity index (χ1v) is 8.38. The molecule has 2 aromatic rings. The average molecular weight is 331 g/mol. The number of nitrogens with one attached hydrogen (secondary N) is 1. The number of aliphatic hydroxyl groups is 1. The summed E-state index contributed by atoms with van der Waals surface area (Å²) in [5.74, 6) is 0.00193. The van der Waals surface area contributed by atoms with Crippen LogP contribution in [0.15, 0.2) is 30.5 Å². The lowest BCUT2D eigenvalue weighted by molar-refractivity contribution is 0.0923. The molecule has 2 N–H and O–H groups in total. The topological polar surface area (TPSA) is 67.2 Å². The summed E-state index contributed by atoms with van der Waals surface area (Å²) in [6.07, 6.45) is 4.96. The standard InChI is InChI=1S/C18H22FN3O2/c1-2-17-15(18(24)21-16(9-10-23)12-3-4-12)11-20-22(17)14-7-5-13(19)6-8-14/h5-8,11-12,16,23H,2-4,9-10H2,1H3,(H,21,24). The Kier molecular flexibility index (Phi) is 4.94. The van der Waals surface area contributed by atoms with Gasteiger partial charge in [0, 0.05) is 12.6 Å². The van der Waals surface area contributed by atoms with E-state index in [1.807, 2.05) is 6.92 Å². The Balaban J connectivity index is 1.82. The SMILES string of the molecule is CCc1c(C(=O)NC(CCO)C2CC2)cnn1-c1ccc(F)cc1. The summed E-state index contributed by atoms with van der Waals surface area (Å²) in [7, 11) is 0. The number of aromatic nitrogens is 2. The zero-order chi connectivity index (χ0) is 17.1. The van der Waals surface area contributed by atoms with Crippen LogP contribution in [-0.2, 0) is 6.42 Å². The van der Waals surface area contributed by atoms with E-state index in [4.69, 9.17) is 0 Å². The summed E-state index contributed by atoms with van der Waals surface area (Å²) >= 11 is 0. The Morgan fingerprint density at radius 3 is 2.71 bits per heavy atom. The van der Waals surface area contributed by atoms with E-state index in [-0.39, 0.29) is 24.4 Å². The zero-order valence-electron chi connectivity index (χ0n) is 13.7. The van der Waals surface area contributed by atoms with Crippen molar-refractivity contribution in [1.29, 1.82) is 0 Å². The van der Waals surface area contributed by atoms with Crippen molar-refractivity contribution >= 4 is 5.91 Å². The van der Waals surface area contributed by atoms with Crippen molar-refractivity contribution in [2.24, 2.45) is 5.92 Å². The smallest absolute Gasteiger partial charge is 0.255 e. The largest absolute Gasteiger partial charge is 0.396 e. The molecule has 24 heavy (non-hydrogen) atoms. The second-order valence-corrected chi connectivity index (χ2v) is 6.18.